The molecule has 4 rings (SSSR count). The van der Waals surface area contributed by atoms with E-state index < -0.39 is 0 Å². The van der Waals surface area contributed by atoms with E-state index >= 15 is 0 Å². The molecular formula is C23H26N6O. The Labute approximate surface area is 175 Å². The number of aryl methyl sites for hydroxylation is 1. The highest BCUT2D eigenvalue weighted by molar-refractivity contribution is 6.04. The van der Waals surface area contributed by atoms with Crippen LogP contribution in [0.5, 0.6) is 0 Å². The van der Waals surface area contributed by atoms with Crippen molar-refractivity contribution in [2.75, 3.05) is 0 Å². The van der Waals surface area contributed by atoms with Crippen LogP contribution in [0.25, 0.3) is 28.2 Å². The molecule has 30 heavy (non-hydrogen) atoms. The number of hydrogen-bond acceptors (Lipinski definition) is 4. The van der Waals surface area contributed by atoms with Crippen LogP contribution in [0.2, 0.25) is 0 Å². The van der Waals surface area contributed by atoms with Crippen LogP contribution in [0.1, 0.15) is 43.6 Å². The maximum Gasteiger partial charge on any atom is 0.255 e. The van der Waals surface area contributed by atoms with Crippen LogP contribution in [0, 0.1) is 12.3 Å². The standard InChI is InChI=1S/C23H26N6O/c1-14-7-6-8-16(9-14)29-12-19(26-13-29)18-11-25-21-20(28-18)17(10-24-21)22(30)27-15(2)23(3,4)5/h6-13,15H,1-5H3,(H,24,25)(H,27,30)/t15-/m0/s1. The van der Waals surface area contributed by atoms with Crippen LogP contribution in [0.3, 0.4) is 0 Å². The molecule has 0 aliphatic heterocycles. The van der Waals surface area contributed by atoms with E-state index in [1.807, 2.05) is 29.8 Å². The van der Waals surface area contributed by atoms with E-state index in [1.165, 1.54) is 5.56 Å². The number of nitrogens with zero attached hydrogens (tertiary/aromatic N) is 4. The van der Waals surface area contributed by atoms with Crippen molar-refractivity contribution in [1.82, 2.24) is 29.8 Å². The monoisotopic (exact) mass is 402 g/mol. The molecule has 7 heteroatoms. The lowest BCUT2D eigenvalue weighted by molar-refractivity contribution is 0.0911. The number of benzene rings is 1. The number of H-pyrrole nitrogens is 1. The summed E-state index contributed by atoms with van der Waals surface area (Å²) in [6.07, 6.45) is 7.00. The average molecular weight is 403 g/mol. The maximum absolute atomic E-state index is 12.8. The van der Waals surface area contributed by atoms with Crippen LogP contribution in [0.4, 0.5) is 0 Å². The molecule has 0 bridgehead atoms. The Morgan fingerprint density at radius 2 is 2.00 bits per heavy atom. The van der Waals surface area contributed by atoms with Gasteiger partial charge in [-0.3, -0.25) is 4.79 Å². The number of carbonyl (C=O) groups is 1. The normalized spacial score (nSPS) is 12.8. The summed E-state index contributed by atoms with van der Waals surface area (Å²) in [6, 6.07) is 8.19. The predicted molar refractivity (Wildman–Crippen MR) is 118 cm³/mol. The van der Waals surface area contributed by atoms with Crippen molar-refractivity contribution in [1.29, 1.82) is 0 Å². The molecule has 0 radical (unpaired) electrons. The van der Waals surface area contributed by atoms with Crippen molar-refractivity contribution in [3.63, 3.8) is 0 Å². The van der Waals surface area contributed by atoms with Crippen molar-refractivity contribution < 1.29 is 4.79 Å². The van der Waals surface area contributed by atoms with E-state index in [0.717, 1.165) is 5.69 Å². The summed E-state index contributed by atoms with van der Waals surface area (Å²) in [7, 11) is 0. The number of imidazole rings is 1. The topological polar surface area (TPSA) is 88.5 Å². The molecule has 3 aromatic heterocycles. The zero-order valence-corrected chi connectivity index (χ0v) is 17.9. The number of fused-ring (bicyclic) bond motifs is 1. The Hall–Kier alpha value is -3.48. The van der Waals surface area contributed by atoms with Crippen molar-refractivity contribution in [2.24, 2.45) is 5.41 Å². The van der Waals surface area contributed by atoms with Gasteiger partial charge in [0, 0.05) is 24.1 Å². The van der Waals surface area contributed by atoms with Crippen LogP contribution in [-0.4, -0.2) is 36.5 Å². The molecule has 2 N–H and O–H groups in total. The van der Waals surface area contributed by atoms with Gasteiger partial charge in [-0.1, -0.05) is 32.9 Å². The summed E-state index contributed by atoms with van der Waals surface area (Å²) in [6.45, 7) is 10.3. The molecular weight excluding hydrogens is 376 g/mol. The number of aromatic amines is 1. The highest BCUT2D eigenvalue weighted by atomic mass is 16.1. The summed E-state index contributed by atoms with van der Waals surface area (Å²) in [5.74, 6) is -0.166. The van der Waals surface area contributed by atoms with Crippen LogP contribution in [-0.2, 0) is 0 Å². The molecule has 0 aliphatic rings. The quantitative estimate of drug-likeness (QED) is 0.533. The van der Waals surface area contributed by atoms with Gasteiger partial charge in [0.2, 0.25) is 0 Å². The molecule has 1 atom stereocenters. The van der Waals surface area contributed by atoms with E-state index in [0.29, 0.717) is 28.1 Å². The zero-order valence-electron chi connectivity index (χ0n) is 17.9. The highest BCUT2D eigenvalue weighted by Crippen LogP contribution is 2.23. The van der Waals surface area contributed by atoms with Crippen molar-refractivity contribution in [3.05, 3.63) is 60.3 Å². The van der Waals surface area contributed by atoms with Gasteiger partial charge in [-0.2, -0.15) is 0 Å². The molecule has 1 aromatic carbocycles. The maximum atomic E-state index is 12.8. The Balaban J connectivity index is 1.66. The van der Waals surface area contributed by atoms with Crippen LogP contribution >= 0.6 is 0 Å². The molecule has 0 spiro atoms. The summed E-state index contributed by atoms with van der Waals surface area (Å²) in [5, 5.41) is 3.06. The largest absolute Gasteiger partial charge is 0.349 e. The van der Waals surface area contributed by atoms with E-state index in [-0.39, 0.29) is 17.4 Å². The molecule has 0 fully saturated rings. The fraction of sp³-hybridized carbons (Fsp3) is 0.304. The van der Waals surface area contributed by atoms with Crippen molar-refractivity contribution >= 4 is 17.1 Å². The van der Waals surface area contributed by atoms with Crippen molar-refractivity contribution in [2.45, 2.75) is 40.7 Å². The first-order valence-corrected chi connectivity index (χ1v) is 9.99. The van der Waals surface area contributed by atoms with Gasteiger partial charge in [0.25, 0.3) is 5.91 Å². The van der Waals surface area contributed by atoms with E-state index in [4.69, 9.17) is 4.98 Å². The smallest absolute Gasteiger partial charge is 0.255 e. The van der Waals surface area contributed by atoms with Gasteiger partial charge in [-0.05, 0) is 37.0 Å². The molecule has 0 saturated carbocycles. The molecule has 0 unspecified atom stereocenters. The van der Waals surface area contributed by atoms with Gasteiger partial charge >= 0.3 is 0 Å². The van der Waals surface area contributed by atoms with E-state index in [2.05, 4.69) is 60.1 Å². The van der Waals surface area contributed by atoms with Gasteiger partial charge in [-0.15, -0.1) is 0 Å². The second-order valence-corrected chi connectivity index (χ2v) is 8.72. The number of aromatic nitrogens is 5. The summed E-state index contributed by atoms with van der Waals surface area (Å²) in [5.41, 5.74) is 5.07. The number of amides is 1. The molecule has 0 saturated heterocycles. The third-order valence-electron chi connectivity index (χ3n) is 5.42. The second kappa shape index (κ2) is 7.40. The van der Waals surface area contributed by atoms with Gasteiger partial charge in [-0.25, -0.2) is 15.0 Å². The fourth-order valence-electron chi connectivity index (χ4n) is 3.06. The third kappa shape index (κ3) is 3.83. The molecule has 7 nitrogen and oxygen atoms in total. The number of hydrogen-bond donors (Lipinski definition) is 2. The first-order valence-electron chi connectivity index (χ1n) is 9.99. The molecule has 154 valence electrons. The molecule has 1 amide bonds. The first kappa shape index (κ1) is 19.8. The predicted octanol–water partition coefficient (Wildman–Crippen LogP) is 4.28. The number of rotatable bonds is 4. The molecule has 0 aliphatic carbocycles. The Morgan fingerprint density at radius 1 is 1.20 bits per heavy atom. The lowest BCUT2D eigenvalue weighted by atomic mass is 9.88. The first-order chi connectivity index (χ1) is 14.2. The summed E-state index contributed by atoms with van der Waals surface area (Å²) < 4.78 is 1.95. The summed E-state index contributed by atoms with van der Waals surface area (Å²) >= 11 is 0. The Bertz CT molecular complexity index is 1210. The second-order valence-electron chi connectivity index (χ2n) is 8.72. The van der Waals surface area contributed by atoms with Gasteiger partial charge in [0.05, 0.1) is 18.1 Å². The fourth-order valence-corrected chi connectivity index (χ4v) is 3.06. The van der Waals surface area contributed by atoms with Gasteiger partial charge < -0.3 is 14.9 Å². The van der Waals surface area contributed by atoms with E-state index in [1.54, 1.807) is 18.7 Å². The molecule has 4 aromatic rings. The number of nitrogens with one attached hydrogen (secondary N) is 2. The Kier molecular flexibility index (Phi) is 4.89. The summed E-state index contributed by atoms with van der Waals surface area (Å²) in [4.78, 5) is 29.5. The lowest BCUT2D eigenvalue weighted by Crippen LogP contribution is -2.41. The lowest BCUT2D eigenvalue weighted by Gasteiger charge is -2.27. The highest BCUT2D eigenvalue weighted by Gasteiger charge is 2.24. The van der Waals surface area contributed by atoms with Gasteiger partial charge in [0.15, 0.2) is 5.65 Å². The minimum absolute atomic E-state index is 0.0103. The van der Waals surface area contributed by atoms with E-state index in [9.17, 15) is 4.79 Å². The molecule has 3 heterocycles. The van der Waals surface area contributed by atoms with Gasteiger partial charge in [0.1, 0.15) is 16.9 Å². The SMILES string of the molecule is Cc1cccc(-n2cnc(-c3cnc4[nH]cc(C(=O)N[C@@H](C)C(C)(C)C)c4n3)c2)c1. The minimum atomic E-state index is -0.166. The average Bonchev–Trinajstić information content (AvgIpc) is 3.34. The zero-order chi connectivity index (χ0) is 21.5. The van der Waals surface area contributed by atoms with Crippen molar-refractivity contribution in [3.8, 4) is 17.1 Å². The Morgan fingerprint density at radius 3 is 2.73 bits per heavy atom. The van der Waals surface area contributed by atoms with Crippen LogP contribution < -0.4 is 5.32 Å². The minimum Gasteiger partial charge on any atom is -0.349 e. The third-order valence-corrected chi connectivity index (χ3v) is 5.42. The van der Waals surface area contributed by atoms with Crippen LogP contribution in [0.15, 0.2) is 49.2 Å². The number of carbonyl (C=O) groups excluding carboxylic acids is 1.